The van der Waals surface area contributed by atoms with Crippen molar-refractivity contribution in [2.75, 3.05) is 13.7 Å². The standard InChI is InChI=1S/C16H28N2O/c1-16(2)11-14(17)13-7-9-18(15(13)12-16)8-5-4-6-10-19-3/h7,9,14H,4-6,8,10-12,17H2,1-3H3. The first kappa shape index (κ1) is 14.6. The van der Waals surface area contributed by atoms with Crippen molar-refractivity contribution in [1.82, 2.24) is 4.57 Å². The molecule has 0 radical (unpaired) electrons. The normalized spacial score (nSPS) is 21.4. The van der Waals surface area contributed by atoms with Crippen molar-refractivity contribution in [1.29, 1.82) is 0 Å². The number of fused-ring (bicyclic) bond motifs is 1. The zero-order valence-corrected chi connectivity index (χ0v) is 12.6. The molecule has 0 aromatic carbocycles. The molecule has 0 bridgehead atoms. The van der Waals surface area contributed by atoms with Crippen LogP contribution < -0.4 is 5.73 Å². The number of ether oxygens (including phenoxy) is 1. The average molecular weight is 264 g/mol. The zero-order valence-electron chi connectivity index (χ0n) is 12.6. The highest BCUT2D eigenvalue weighted by Crippen LogP contribution is 2.40. The highest BCUT2D eigenvalue weighted by atomic mass is 16.5. The SMILES string of the molecule is COCCCCCn1ccc2c1CC(C)(C)CC2N. The van der Waals surface area contributed by atoms with Crippen LogP contribution in [-0.2, 0) is 17.7 Å². The van der Waals surface area contributed by atoms with Gasteiger partial charge in [-0.25, -0.2) is 0 Å². The molecule has 19 heavy (non-hydrogen) atoms. The summed E-state index contributed by atoms with van der Waals surface area (Å²) in [6.07, 6.45) is 8.09. The van der Waals surface area contributed by atoms with Gasteiger partial charge in [-0.15, -0.1) is 0 Å². The topological polar surface area (TPSA) is 40.2 Å². The van der Waals surface area contributed by atoms with Crippen molar-refractivity contribution in [2.24, 2.45) is 11.1 Å². The van der Waals surface area contributed by atoms with Gasteiger partial charge in [-0.05, 0) is 49.1 Å². The van der Waals surface area contributed by atoms with E-state index < -0.39 is 0 Å². The number of methoxy groups -OCH3 is 1. The van der Waals surface area contributed by atoms with E-state index in [1.54, 1.807) is 7.11 Å². The molecule has 1 aromatic rings. The fraction of sp³-hybridized carbons (Fsp3) is 0.750. The molecule has 1 aliphatic carbocycles. The molecule has 1 atom stereocenters. The van der Waals surface area contributed by atoms with E-state index in [-0.39, 0.29) is 6.04 Å². The van der Waals surface area contributed by atoms with Crippen molar-refractivity contribution < 1.29 is 4.74 Å². The maximum atomic E-state index is 6.30. The summed E-state index contributed by atoms with van der Waals surface area (Å²) in [7, 11) is 1.77. The molecule has 1 aliphatic rings. The summed E-state index contributed by atoms with van der Waals surface area (Å²) in [5.74, 6) is 0. The number of rotatable bonds is 6. The van der Waals surface area contributed by atoms with Crippen LogP contribution in [0.2, 0.25) is 0 Å². The second-order valence-corrected chi connectivity index (χ2v) is 6.62. The van der Waals surface area contributed by atoms with Gasteiger partial charge in [0.1, 0.15) is 0 Å². The number of aromatic nitrogens is 1. The Bertz CT molecular complexity index is 409. The summed E-state index contributed by atoms with van der Waals surface area (Å²) in [6.45, 7) is 6.64. The number of hydrogen-bond acceptors (Lipinski definition) is 2. The molecule has 108 valence electrons. The summed E-state index contributed by atoms with van der Waals surface area (Å²) in [5.41, 5.74) is 9.47. The Morgan fingerprint density at radius 2 is 2.16 bits per heavy atom. The highest BCUT2D eigenvalue weighted by molar-refractivity contribution is 5.30. The van der Waals surface area contributed by atoms with Crippen LogP contribution in [-0.4, -0.2) is 18.3 Å². The molecule has 2 rings (SSSR count). The number of unbranched alkanes of at least 4 members (excludes halogenated alkanes) is 2. The third kappa shape index (κ3) is 3.61. The summed E-state index contributed by atoms with van der Waals surface area (Å²) in [6, 6.07) is 2.44. The third-order valence-electron chi connectivity index (χ3n) is 4.18. The van der Waals surface area contributed by atoms with E-state index in [1.165, 1.54) is 24.1 Å². The Labute approximate surface area is 117 Å². The molecular weight excluding hydrogens is 236 g/mol. The van der Waals surface area contributed by atoms with Crippen molar-refractivity contribution in [2.45, 2.75) is 58.5 Å². The Balaban J connectivity index is 1.96. The van der Waals surface area contributed by atoms with Crippen molar-refractivity contribution in [3.63, 3.8) is 0 Å². The van der Waals surface area contributed by atoms with E-state index in [2.05, 4.69) is 30.7 Å². The zero-order chi connectivity index (χ0) is 13.9. The van der Waals surface area contributed by atoms with Gasteiger partial charge in [0.15, 0.2) is 0 Å². The molecule has 0 saturated heterocycles. The van der Waals surface area contributed by atoms with Gasteiger partial charge in [0.2, 0.25) is 0 Å². The minimum atomic E-state index is 0.216. The van der Waals surface area contributed by atoms with Crippen LogP contribution >= 0.6 is 0 Å². The van der Waals surface area contributed by atoms with Crippen molar-refractivity contribution in [3.8, 4) is 0 Å². The second-order valence-electron chi connectivity index (χ2n) is 6.62. The lowest BCUT2D eigenvalue weighted by molar-refractivity contribution is 0.191. The van der Waals surface area contributed by atoms with Crippen LogP contribution in [0.15, 0.2) is 12.3 Å². The molecule has 0 saturated carbocycles. The monoisotopic (exact) mass is 264 g/mol. The van der Waals surface area contributed by atoms with Crippen LogP contribution in [0, 0.1) is 5.41 Å². The maximum Gasteiger partial charge on any atom is 0.0462 e. The van der Waals surface area contributed by atoms with E-state index in [0.29, 0.717) is 5.41 Å². The minimum absolute atomic E-state index is 0.216. The molecule has 0 fully saturated rings. The van der Waals surface area contributed by atoms with Crippen LogP contribution in [0.5, 0.6) is 0 Å². The van der Waals surface area contributed by atoms with E-state index in [1.807, 2.05) is 0 Å². The summed E-state index contributed by atoms with van der Waals surface area (Å²) in [5, 5.41) is 0. The van der Waals surface area contributed by atoms with Crippen LogP contribution in [0.25, 0.3) is 0 Å². The molecule has 1 aromatic heterocycles. The van der Waals surface area contributed by atoms with Gasteiger partial charge in [-0.3, -0.25) is 0 Å². The van der Waals surface area contributed by atoms with E-state index >= 15 is 0 Å². The molecule has 3 nitrogen and oxygen atoms in total. The third-order valence-corrected chi connectivity index (χ3v) is 4.18. The van der Waals surface area contributed by atoms with Crippen LogP contribution in [0.4, 0.5) is 0 Å². The van der Waals surface area contributed by atoms with E-state index in [9.17, 15) is 0 Å². The average Bonchev–Trinajstić information content (AvgIpc) is 2.71. The highest BCUT2D eigenvalue weighted by Gasteiger charge is 2.32. The van der Waals surface area contributed by atoms with Gasteiger partial charge in [0, 0.05) is 38.2 Å². The quantitative estimate of drug-likeness (QED) is 0.801. The number of nitrogens with two attached hydrogens (primary N) is 1. The Hall–Kier alpha value is -0.800. The summed E-state index contributed by atoms with van der Waals surface area (Å²) in [4.78, 5) is 0. The predicted octanol–water partition coefficient (Wildman–Crippen LogP) is 3.28. The number of hydrogen-bond donors (Lipinski definition) is 1. The van der Waals surface area contributed by atoms with Gasteiger partial charge in [-0.1, -0.05) is 13.8 Å². The molecule has 0 amide bonds. The molecule has 0 aliphatic heterocycles. The first-order valence-electron chi connectivity index (χ1n) is 7.46. The fourth-order valence-electron chi connectivity index (χ4n) is 3.21. The molecule has 1 unspecified atom stereocenters. The van der Waals surface area contributed by atoms with E-state index in [0.717, 1.165) is 32.4 Å². The van der Waals surface area contributed by atoms with Gasteiger partial charge >= 0.3 is 0 Å². The van der Waals surface area contributed by atoms with E-state index in [4.69, 9.17) is 10.5 Å². The Morgan fingerprint density at radius 1 is 1.37 bits per heavy atom. The predicted molar refractivity (Wildman–Crippen MR) is 79.2 cm³/mol. The Kier molecular flexibility index (Phi) is 4.69. The van der Waals surface area contributed by atoms with Crippen molar-refractivity contribution >= 4 is 0 Å². The second kappa shape index (κ2) is 6.10. The largest absolute Gasteiger partial charge is 0.385 e. The molecule has 1 heterocycles. The molecule has 0 spiro atoms. The van der Waals surface area contributed by atoms with Gasteiger partial charge in [-0.2, -0.15) is 0 Å². The first-order chi connectivity index (χ1) is 9.03. The lowest BCUT2D eigenvalue weighted by Crippen LogP contribution is -2.30. The maximum absolute atomic E-state index is 6.30. The summed E-state index contributed by atoms with van der Waals surface area (Å²) < 4.78 is 7.51. The fourth-order valence-corrected chi connectivity index (χ4v) is 3.21. The van der Waals surface area contributed by atoms with Crippen LogP contribution in [0.3, 0.4) is 0 Å². The first-order valence-corrected chi connectivity index (χ1v) is 7.46. The summed E-state index contributed by atoms with van der Waals surface area (Å²) >= 11 is 0. The van der Waals surface area contributed by atoms with Crippen LogP contribution in [0.1, 0.15) is 56.8 Å². The number of nitrogens with zero attached hydrogens (tertiary/aromatic N) is 1. The van der Waals surface area contributed by atoms with Crippen molar-refractivity contribution in [3.05, 3.63) is 23.5 Å². The van der Waals surface area contributed by atoms with Gasteiger partial charge < -0.3 is 15.0 Å². The Morgan fingerprint density at radius 3 is 2.89 bits per heavy atom. The van der Waals surface area contributed by atoms with Gasteiger partial charge in [0.25, 0.3) is 0 Å². The number of aryl methyl sites for hydroxylation is 1. The lowest BCUT2D eigenvalue weighted by atomic mass is 9.74. The molecular formula is C16H28N2O. The smallest absolute Gasteiger partial charge is 0.0462 e. The van der Waals surface area contributed by atoms with Gasteiger partial charge in [0.05, 0.1) is 0 Å². The minimum Gasteiger partial charge on any atom is -0.385 e. The molecule has 3 heteroatoms. The molecule has 2 N–H and O–H groups in total. The lowest BCUT2D eigenvalue weighted by Gasteiger charge is -2.34.